The number of non-ortho nitro benzene ring substituents is 1. The second-order valence-electron chi connectivity index (χ2n) is 4.32. The number of hydrogen-bond acceptors (Lipinski definition) is 5. The van der Waals surface area contributed by atoms with Crippen LogP contribution in [-0.4, -0.2) is 22.9 Å². The summed E-state index contributed by atoms with van der Waals surface area (Å²) in [6, 6.07) is 10.9. The lowest BCUT2D eigenvalue weighted by molar-refractivity contribution is -0.384. The van der Waals surface area contributed by atoms with Crippen LogP contribution in [0.1, 0.15) is 15.9 Å². The zero-order chi connectivity index (χ0) is 15.2. The standard InChI is InChI=1S/C15H13NO5/c17-8-7-11-1-4-14(5-2-11)21-15-6-3-13(16(19)20)9-12(15)10-18/h1-6,9-10,17H,7-8H2. The van der Waals surface area contributed by atoms with Gasteiger partial charge in [-0.2, -0.15) is 0 Å². The number of nitrogens with zero attached hydrogens (tertiary/aromatic N) is 1. The first kappa shape index (κ1) is 14.7. The summed E-state index contributed by atoms with van der Waals surface area (Å²) < 4.78 is 5.55. The molecule has 0 aliphatic heterocycles. The molecule has 2 rings (SSSR count). The van der Waals surface area contributed by atoms with Crippen LogP contribution < -0.4 is 4.74 Å². The third kappa shape index (κ3) is 3.64. The Morgan fingerprint density at radius 2 is 1.90 bits per heavy atom. The zero-order valence-electron chi connectivity index (χ0n) is 11.1. The van der Waals surface area contributed by atoms with Crippen LogP contribution in [0.2, 0.25) is 0 Å². The Labute approximate surface area is 120 Å². The summed E-state index contributed by atoms with van der Waals surface area (Å²) in [5, 5.41) is 19.5. The average Bonchev–Trinajstić information content (AvgIpc) is 2.49. The Morgan fingerprint density at radius 3 is 2.48 bits per heavy atom. The largest absolute Gasteiger partial charge is 0.457 e. The number of carbonyl (C=O) groups is 1. The van der Waals surface area contributed by atoms with Crippen LogP contribution in [0.4, 0.5) is 5.69 Å². The number of nitro groups is 1. The fraction of sp³-hybridized carbons (Fsp3) is 0.133. The van der Waals surface area contributed by atoms with E-state index in [2.05, 4.69) is 0 Å². The molecule has 0 bridgehead atoms. The maximum atomic E-state index is 11.0. The van der Waals surface area contributed by atoms with E-state index in [9.17, 15) is 14.9 Å². The third-order valence-corrected chi connectivity index (χ3v) is 2.88. The molecular weight excluding hydrogens is 274 g/mol. The molecule has 21 heavy (non-hydrogen) atoms. The second kappa shape index (κ2) is 6.62. The summed E-state index contributed by atoms with van der Waals surface area (Å²) in [5.41, 5.74) is 0.913. The topological polar surface area (TPSA) is 89.7 Å². The first-order chi connectivity index (χ1) is 10.1. The van der Waals surface area contributed by atoms with Crippen molar-refractivity contribution in [1.82, 2.24) is 0 Å². The van der Waals surface area contributed by atoms with Crippen molar-refractivity contribution in [3.05, 3.63) is 63.7 Å². The Hall–Kier alpha value is -2.73. The van der Waals surface area contributed by atoms with E-state index >= 15 is 0 Å². The summed E-state index contributed by atoms with van der Waals surface area (Å²) >= 11 is 0. The van der Waals surface area contributed by atoms with Gasteiger partial charge in [0, 0.05) is 18.7 Å². The molecule has 0 spiro atoms. The fourth-order valence-corrected chi connectivity index (χ4v) is 1.81. The number of carbonyl (C=O) groups excluding carboxylic acids is 1. The minimum atomic E-state index is -0.569. The summed E-state index contributed by atoms with van der Waals surface area (Å²) in [6.07, 6.45) is 1.07. The lowest BCUT2D eigenvalue weighted by Gasteiger charge is -2.08. The first-order valence-corrected chi connectivity index (χ1v) is 6.25. The van der Waals surface area contributed by atoms with Gasteiger partial charge in [-0.05, 0) is 30.2 Å². The highest BCUT2D eigenvalue weighted by Gasteiger charge is 2.12. The predicted octanol–water partition coefficient (Wildman–Crippen LogP) is 2.73. The number of aliphatic hydroxyl groups excluding tert-OH is 1. The molecule has 0 saturated heterocycles. The SMILES string of the molecule is O=Cc1cc([N+](=O)[O-])ccc1Oc1ccc(CCO)cc1. The molecule has 0 aromatic heterocycles. The van der Waals surface area contributed by atoms with Crippen molar-refractivity contribution >= 4 is 12.0 Å². The van der Waals surface area contributed by atoms with E-state index in [0.29, 0.717) is 18.5 Å². The van der Waals surface area contributed by atoms with Crippen molar-refractivity contribution in [2.75, 3.05) is 6.61 Å². The van der Waals surface area contributed by atoms with Crippen LogP contribution >= 0.6 is 0 Å². The predicted molar refractivity (Wildman–Crippen MR) is 75.8 cm³/mol. The van der Waals surface area contributed by atoms with Crippen LogP contribution in [-0.2, 0) is 6.42 Å². The lowest BCUT2D eigenvalue weighted by atomic mass is 10.1. The van der Waals surface area contributed by atoms with Gasteiger partial charge in [0.15, 0.2) is 6.29 Å². The quantitative estimate of drug-likeness (QED) is 0.501. The minimum Gasteiger partial charge on any atom is -0.457 e. The van der Waals surface area contributed by atoms with Gasteiger partial charge in [-0.3, -0.25) is 14.9 Å². The lowest BCUT2D eigenvalue weighted by Crippen LogP contribution is -1.95. The molecule has 108 valence electrons. The molecule has 0 aliphatic carbocycles. The van der Waals surface area contributed by atoms with Crippen molar-refractivity contribution < 1.29 is 19.6 Å². The van der Waals surface area contributed by atoms with Crippen molar-refractivity contribution in [2.24, 2.45) is 0 Å². The van der Waals surface area contributed by atoms with Crippen molar-refractivity contribution in [3.63, 3.8) is 0 Å². The molecule has 6 nitrogen and oxygen atoms in total. The van der Waals surface area contributed by atoms with Gasteiger partial charge in [-0.15, -0.1) is 0 Å². The first-order valence-electron chi connectivity index (χ1n) is 6.25. The summed E-state index contributed by atoms with van der Waals surface area (Å²) in [5.74, 6) is 0.763. The van der Waals surface area contributed by atoms with Crippen molar-refractivity contribution in [1.29, 1.82) is 0 Å². The molecule has 0 heterocycles. The van der Waals surface area contributed by atoms with E-state index < -0.39 is 4.92 Å². The van der Waals surface area contributed by atoms with Gasteiger partial charge in [-0.1, -0.05) is 12.1 Å². The highest BCUT2D eigenvalue weighted by Crippen LogP contribution is 2.27. The maximum Gasteiger partial charge on any atom is 0.270 e. The number of hydrogen-bond donors (Lipinski definition) is 1. The number of benzene rings is 2. The van der Waals surface area contributed by atoms with E-state index in [1.807, 2.05) is 0 Å². The van der Waals surface area contributed by atoms with E-state index in [0.717, 1.165) is 5.56 Å². The molecule has 0 fully saturated rings. The van der Waals surface area contributed by atoms with Gasteiger partial charge in [-0.25, -0.2) is 0 Å². The number of aldehydes is 1. The van der Waals surface area contributed by atoms with Gasteiger partial charge in [0.2, 0.25) is 0 Å². The number of rotatable bonds is 6. The maximum absolute atomic E-state index is 11.0. The van der Waals surface area contributed by atoms with Gasteiger partial charge in [0.05, 0.1) is 10.5 Å². The molecule has 6 heteroatoms. The highest BCUT2D eigenvalue weighted by atomic mass is 16.6. The Balaban J connectivity index is 2.22. The van der Waals surface area contributed by atoms with E-state index in [-0.39, 0.29) is 23.6 Å². The fourth-order valence-electron chi connectivity index (χ4n) is 1.81. The van der Waals surface area contributed by atoms with Crippen LogP contribution in [0.25, 0.3) is 0 Å². The van der Waals surface area contributed by atoms with Gasteiger partial charge < -0.3 is 9.84 Å². The molecule has 2 aromatic carbocycles. The Kier molecular flexibility index (Phi) is 4.63. The second-order valence-corrected chi connectivity index (χ2v) is 4.32. The highest BCUT2D eigenvalue weighted by molar-refractivity contribution is 5.80. The third-order valence-electron chi connectivity index (χ3n) is 2.88. The minimum absolute atomic E-state index is 0.0673. The molecule has 2 aromatic rings. The van der Waals surface area contributed by atoms with Crippen molar-refractivity contribution in [2.45, 2.75) is 6.42 Å². The molecule has 0 unspecified atom stereocenters. The smallest absolute Gasteiger partial charge is 0.270 e. The van der Waals surface area contributed by atoms with Gasteiger partial charge in [0.1, 0.15) is 11.5 Å². The van der Waals surface area contributed by atoms with Crippen LogP contribution in [0.5, 0.6) is 11.5 Å². The molecule has 1 N–H and O–H groups in total. The zero-order valence-corrected chi connectivity index (χ0v) is 11.1. The Bertz CT molecular complexity index is 652. The van der Waals surface area contributed by atoms with Crippen LogP contribution in [0, 0.1) is 10.1 Å². The van der Waals surface area contributed by atoms with E-state index in [4.69, 9.17) is 9.84 Å². The molecule has 0 saturated carbocycles. The Morgan fingerprint density at radius 1 is 1.19 bits per heavy atom. The van der Waals surface area contributed by atoms with E-state index in [1.54, 1.807) is 24.3 Å². The van der Waals surface area contributed by atoms with Crippen molar-refractivity contribution in [3.8, 4) is 11.5 Å². The number of aliphatic hydroxyl groups is 1. The molecule has 0 amide bonds. The molecule has 0 atom stereocenters. The summed E-state index contributed by atoms with van der Waals surface area (Å²) in [4.78, 5) is 21.1. The molecular formula is C15H13NO5. The summed E-state index contributed by atoms with van der Waals surface area (Å²) in [7, 11) is 0. The molecule has 0 aliphatic rings. The van der Waals surface area contributed by atoms with Gasteiger partial charge >= 0.3 is 0 Å². The number of nitro benzene ring substituents is 1. The summed E-state index contributed by atoms with van der Waals surface area (Å²) in [6.45, 7) is 0.0673. The van der Waals surface area contributed by atoms with Gasteiger partial charge in [0.25, 0.3) is 5.69 Å². The molecule has 0 radical (unpaired) electrons. The van der Waals surface area contributed by atoms with E-state index in [1.165, 1.54) is 18.2 Å². The number of ether oxygens (including phenoxy) is 1. The normalized spacial score (nSPS) is 10.1. The van der Waals surface area contributed by atoms with Crippen LogP contribution in [0.3, 0.4) is 0 Å². The van der Waals surface area contributed by atoms with Crippen LogP contribution in [0.15, 0.2) is 42.5 Å². The monoisotopic (exact) mass is 287 g/mol. The average molecular weight is 287 g/mol.